The average molecular weight is 543 g/mol. The van der Waals surface area contributed by atoms with E-state index in [0.29, 0.717) is 34.0 Å². The smallest absolute Gasteiger partial charge is 0.435 e. The van der Waals surface area contributed by atoms with Gasteiger partial charge in [-0.3, -0.25) is 0 Å². The Kier molecular flexibility index (Phi) is 7.04. The fraction of sp³-hybridized carbons (Fsp3) is 0.208. The SMILES string of the molecule is CS(=O)(=O)c1cccc(-c2ccc(OCc3cc(C(F)(F)F)nn3C3=CC=CCC3Cl)cc2Cl)c1. The molecule has 11 heteroatoms. The molecule has 1 aliphatic carbocycles. The van der Waals surface area contributed by atoms with Crippen molar-refractivity contribution in [2.24, 2.45) is 0 Å². The highest BCUT2D eigenvalue weighted by Crippen LogP contribution is 2.34. The maximum atomic E-state index is 13.3. The summed E-state index contributed by atoms with van der Waals surface area (Å²) in [6.07, 6.45) is 2.11. The Morgan fingerprint density at radius 3 is 2.60 bits per heavy atom. The van der Waals surface area contributed by atoms with Gasteiger partial charge in [0.1, 0.15) is 12.4 Å². The molecule has 0 N–H and O–H groups in total. The maximum absolute atomic E-state index is 13.3. The summed E-state index contributed by atoms with van der Waals surface area (Å²) in [5, 5.41) is 3.48. The number of alkyl halides is 4. The second-order valence-corrected chi connectivity index (χ2v) is 10.8. The normalized spacial score (nSPS) is 16.3. The maximum Gasteiger partial charge on any atom is 0.435 e. The van der Waals surface area contributed by atoms with E-state index in [9.17, 15) is 21.6 Å². The van der Waals surface area contributed by atoms with Gasteiger partial charge in [0.15, 0.2) is 15.5 Å². The van der Waals surface area contributed by atoms with Crippen LogP contribution in [0.3, 0.4) is 0 Å². The number of rotatable bonds is 6. The van der Waals surface area contributed by atoms with Crippen LogP contribution in [-0.2, 0) is 22.6 Å². The molecule has 1 unspecified atom stereocenters. The minimum atomic E-state index is -4.63. The highest BCUT2D eigenvalue weighted by molar-refractivity contribution is 7.90. The van der Waals surface area contributed by atoms with Gasteiger partial charge >= 0.3 is 6.18 Å². The average Bonchev–Trinajstić information content (AvgIpc) is 3.22. The van der Waals surface area contributed by atoms with E-state index < -0.39 is 27.1 Å². The molecule has 0 aliphatic heterocycles. The van der Waals surface area contributed by atoms with Gasteiger partial charge in [0.05, 0.1) is 26.7 Å². The van der Waals surface area contributed by atoms with Crippen molar-refractivity contribution in [1.82, 2.24) is 9.78 Å². The van der Waals surface area contributed by atoms with Crippen LogP contribution in [0.25, 0.3) is 16.8 Å². The number of benzene rings is 2. The lowest BCUT2D eigenvalue weighted by Gasteiger charge is -2.18. The summed E-state index contributed by atoms with van der Waals surface area (Å²) < 4.78 is 70.6. The molecule has 4 rings (SSSR count). The number of ether oxygens (including phenoxy) is 1. The van der Waals surface area contributed by atoms with Crippen molar-refractivity contribution in [3.8, 4) is 16.9 Å². The van der Waals surface area contributed by atoms with E-state index in [1.807, 2.05) is 6.08 Å². The molecule has 1 atom stereocenters. The van der Waals surface area contributed by atoms with Crippen LogP contribution in [0.15, 0.2) is 71.7 Å². The molecule has 0 bridgehead atoms. The number of sulfone groups is 1. The highest BCUT2D eigenvalue weighted by atomic mass is 35.5. The van der Waals surface area contributed by atoms with E-state index in [1.54, 1.807) is 36.4 Å². The Balaban J connectivity index is 1.60. The van der Waals surface area contributed by atoms with Crippen molar-refractivity contribution in [2.45, 2.75) is 29.5 Å². The number of aromatic nitrogens is 2. The molecule has 5 nitrogen and oxygen atoms in total. The molecule has 0 amide bonds. The van der Waals surface area contributed by atoms with E-state index in [1.165, 1.54) is 18.2 Å². The van der Waals surface area contributed by atoms with Crippen molar-refractivity contribution in [3.05, 3.63) is 83.2 Å². The minimum Gasteiger partial charge on any atom is -0.487 e. The summed E-state index contributed by atoms with van der Waals surface area (Å²) in [5.41, 5.74) is 0.725. The topological polar surface area (TPSA) is 61.2 Å². The van der Waals surface area contributed by atoms with Gasteiger partial charge in [0.2, 0.25) is 0 Å². The van der Waals surface area contributed by atoms with Gasteiger partial charge in [-0.2, -0.15) is 18.3 Å². The third kappa shape index (κ3) is 5.74. The first-order chi connectivity index (χ1) is 16.4. The van der Waals surface area contributed by atoms with E-state index in [0.717, 1.165) is 17.0 Å². The van der Waals surface area contributed by atoms with Gasteiger partial charge in [-0.25, -0.2) is 13.1 Å². The molecule has 0 saturated heterocycles. The minimum absolute atomic E-state index is 0.157. The predicted molar refractivity (Wildman–Crippen MR) is 129 cm³/mol. The standard InChI is InChI=1S/C24H19Cl2F3N2O3S/c1-35(32,33)18-6-4-5-15(11-18)19-10-9-17(13-21(19)26)34-14-16-12-23(24(27,28)29)30-31(16)22-8-3-2-7-20(22)25/h2-6,8-13,20H,7,14H2,1H3. The first-order valence-electron chi connectivity index (χ1n) is 10.3. The Morgan fingerprint density at radius 1 is 1.17 bits per heavy atom. The second-order valence-electron chi connectivity index (χ2n) is 7.88. The van der Waals surface area contributed by atoms with Gasteiger partial charge in [-0.1, -0.05) is 35.9 Å². The van der Waals surface area contributed by atoms with Gasteiger partial charge in [-0.05, 0) is 54.5 Å². The summed E-state index contributed by atoms with van der Waals surface area (Å²) in [5.74, 6) is 0.319. The zero-order valence-electron chi connectivity index (χ0n) is 18.3. The summed E-state index contributed by atoms with van der Waals surface area (Å²) in [6, 6.07) is 12.0. The van der Waals surface area contributed by atoms with E-state index in [-0.39, 0.29) is 17.2 Å². The van der Waals surface area contributed by atoms with E-state index in [4.69, 9.17) is 27.9 Å². The molecular formula is C24H19Cl2F3N2O3S. The first kappa shape index (κ1) is 25.3. The Hall–Kier alpha value is -2.75. The summed E-state index contributed by atoms with van der Waals surface area (Å²) in [4.78, 5) is 0.157. The molecule has 184 valence electrons. The molecule has 3 aromatic rings. The lowest BCUT2D eigenvalue weighted by atomic mass is 10.1. The van der Waals surface area contributed by atoms with Crippen LogP contribution >= 0.6 is 23.2 Å². The zero-order chi connectivity index (χ0) is 25.4. The molecule has 0 spiro atoms. The number of nitrogens with zero attached hydrogens (tertiary/aromatic N) is 2. The quantitative estimate of drug-likeness (QED) is 0.328. The van der Waals surface area contributed by atoms with Crippen LogP contribution in [-0.4, -0.2) is 29.8 Å². The molecule has 1 aliphatic rings. The van der Waals surface area contributed by atoms with Gasteiger partial charge in [0.25, 0.3) is 0 Å². The van der Waals surface area contributed by atoms with Crippen molar-refractivity contribution in [2.75, 3.05) is 6.26 Å². The Bertz CT molecular complexity index is 1430. The molecule has 1 heterocycles. The first-order valence-corrected chi connectivity index (χ1v) is 13.0. The molecule has 2 aromatic carbocycles. The summed E-state index contributed by atoms with van der Waals surface area (Å²) in [6.45, 7) is -0.215. The van der Waals surface area contributed by atoms with Crippen LogP contribution in [0.1, 0.15) is 17.8 Å². The molecule has 0 saturated carbocycles. The number of allylic oxidation sites excluding steroid dienone is 4. The van der Waals surface area contributed by atoms with Gasteiger partial charge in [-0.15, -0.1) is 11.6 Å². The van der Waals surface area contributed by atoms with Crippen molar-refractivity contribution in [3.63, 3.8) is 0 Å². The van der Waals surface area contributed by atoms with Gasteiger partial charge < -0.3 is 4.74 Å². The predicted octanol–water partition coefficient (Wildman–Crippen LogP) is 6.61. The second kappa shape index (κ2) is 9.72. The van der Waals surface area contributed by atoms with E-state index in [2.05, 4.69) is 5.10 Å². The molecular weight excluding hydrogens is 524 g/mol. The Morgan fingerprint density at radius 2 is 1.94 bits per heavy atom. The summed E-state index contributed by atoms with van der Waals surface area (Å²) in [7, 11) is -3.39. The fourth-order valence-electron chi connectivity index (χ4n) is 3.55. The molecule has 0 fully saturated rings. The lowest BCUT2D eigenvalue weighted by Crippen LogP contribution is -2.16. The third-order valence-electron chi connectivity index (χ3n) is 5.29. The number of halogens is 5. The van der Waals surface area contributed by atoms with Crippen molar-refractivity contribution in [1.29, 1.82) is 0 Å². The summed E-state index contributed by atoms with van der Waals surface area (Å²) >= 11 is 12.7. The van der Waals surface area contributed by atoms with E-state index >= 15 is 0 Å². The van der Waals surface area contributed by atoms with Crippen LogP contribution < -0.4 is 4.74 Å². The van der Waals surface area contributed by atoms with Gasteiger partial charge in [0, 0.05) is 11.8 Å². The van der Waals surface area contributed by atoms with Crippen molar-refractivity contribution < 1.29 is 26.3 Å². The Labute approximate surface area is 210 Å². The third-order valence-corrected chi connectivity index (χ3v) is 7.11. The van der Waals surface area contributed by atoms with Crippen LogP contribution in [0.2, 0.25) is 5.02 Å². The van der Waals surface area contributed by atoms with Crippen LogP contribution in [0.5, 0.6) is 5.75 Å². The fourth-order valence-corrected chi connectivity index (χ4v) is 4.76. The highest BCUT2D eigenvalue weighted by Gasteiger charge is 2.36. The number of hydrogen-bond acceptors (Lipinski definition) is 4. The number of hydrogen-bond donors (Lipinski definition) is 0. The molecule has 1 aromatic heterocycles. The molecule has 35 heavy (non-hydrogen) atoms. The monoisotopic (exact) mass is 542 g/mol. The van der Waals surface area contributed by atoms with Crippen molar-refractivity contribution >= 4 is 38.7 Å². The lowest BCUT2D eigenvalue weighted by molar-refractivity contribution is -0.141. The van der Waals surface area contributed by atoms with Crippen LogP contribution in [0, 0.1) is 0 Å². The molecule has 0 radical (unpaired) electrons. The van der Waals surface area contributed by atoms with Crippen LogP contribution in [0.4, 0.5) is 13.2 Å². The zero-order valence-corrected chi connectivity index (χ0v) is 20.6. The largest absolute Gasteiger partial charge is 0.487 e.